The van der Waals surface area contributed by atoms with Crippen molar-refractivity contribution in [2.24, 2.45) is 11.3 Å². The molecule has 5 rings (SSSR count). The van der Waals surface area contributed by atoms with E-state index in [0.717, 1.165) is 31.1 Å². The van der Waals surface area contributed by atoms with E-state index in [-0.39, 0.29) is 11.5 Å². The lowest BCUT2D eigenvalue weighted by atomic mass is 9.58. The Balaban J connectivity index is 1.36. The average Bonchev–Trinajstić information content (AvgIpc) is 3.18. The van der Waals surface area contributed by atoms with Crippen LogP contribution in [0.25, 0.3) is 11.0 Å². The van der Waals surface area contributed by atoms with Crippen molar-refractivity contribution in [3.05, 3.63) is 48.7 Å². The molecular formula is C20H23N5O2. The van der Waals surface area contributed by atoms with Crippen LogP contribution in [0, 0.1) is 11.3 Å². The predicted molar refractivity (Wildman–Crippen MR) is 101 cm³/mol. The number of rotatable bonds is 3. The Hall–Kier alpha value is -2.51. The zero-order valence-electron chi connectivity index (χ0n) is 14.9. The quantitative estimate of drug-likeness (QED) is 0.652. The van der Waals surface area contributed by atoms with E-state index < -0.39 is 12.2 Å². The number of aliphatic hydroxyl groups excluding tert-OH is 2. The zero-order chi connectivity index (χ0) is 18.6. The third-order valence-corrected chi connectivity index (χ3v) is 6.50. The van der Waals surface area contributed by atoms with Crippen molar-refractivity contribution in [3.63, 3.8) is 0 Å². The van der Waals surface area contributed by atoms with Crippen LogP contribution in [0.1, 0.15) is 30.9 Å². The van der Waals surface area contributed by atoms with Crippen molar-refractivity contribution < 1.29 is 10.2 Å². The van der Waals surface area contributed by atoms with Crippen molar-refractivity contribution in [1.29, 1.82) is 0 Å². The highest BCUT2D eigenvalue weighted by Crippen LogP contribution is 2.59. The van der Waals surface area contributed by atoms with Gasteiger partial charge in [-0.1, -0.05) is 6.07 Å². The molecule has 0 amide bonds. The van der Waals surface area contributed by atoms with Crippen molar-refractivity contribution in [1.82, 2.24) is 19.5 Å². The first-order chi connectivity index (χ1) is 13.1. The maximum Gasteiger partial charge on any atom is 0.145 e. The van der Waals surface area contributed by atoms with E-state index in [4.69, 9.17) is 5.73 Å². The highest BCUT2D eigenvalue weighted by atomic mass is 16.3. The third-order valence-electron chi connectivity index (χ3n) is 6.50. The summed E-state index contributed by atoms with van der Waals surface area (Å²) in [6, 6.07) is 5.72. The highest BCUT2D eigenvalue weighted by Gasteiger charge is 2.59. The van der Waals surface area contributed by atoms with E-state index in [9.17, 15) is 10.2 Å². The number of hydrogen-bond acceptors (Lipinski definition) is 6. The van der Waals surface area contributed by atoms with Crippen molar-refractivity contribution in [2.75, 3.05) is 5.73 Å². The largest absolute Gasteiger partial charge is 0.390 e. The van der Waals surface area contributed by atoms with Crippen LogP contribution in [-0.2, 0) is 6.42 Å². The van der Waals surface area contributed by atoms with E-state index >= 15 is 0 Å². The number of hydrogen-bond donors (Lipinski definition) is 3. The molecule has 3 aromatic rings. The van der Waals surface area contributed by atoms with Gasteiger partial charge < -0.3 is 20.5 Å². The number of nitrogens with zero attached hydrogens (tertiary/aromatic N) is 4. The number of aliphatic hydroxyl groups is 2. The molecule has 27 heavy (non-hydrogen) atoms. The average molecular weight is 365 g/mol. The Bertz CT molecular complexity index is 967. The second-order valence-electron chi connectivity index (χ2n) is 8.13. The standard InChI is InChI=1S/C20H23N5O2/c21-18-14-3-5-25(19(14)24-11-23-18)15-9-20(17(27)16(15)26)7-13(8-20)6-12-2-1-4-22-10-12/h1-5,10-11,13,15-17,26-27H,6-9H2,(H2,21,23,24)/t13-,15-,16+,17+,20+/m1/s1. The van der Waals surface area contributed by atoms with Crippen LogP contribution in [0.5, 0.6) is 0 Å². The molecule has 2 aliphatic carbocycles. The lowest BCUT2D eigenvalue weighted by Gasteiger charge is -2.48. The van der Waals surface area contributed by atoms with Gasteiger partial charge in [0.2, 0.25) is 0 Å². The Morgan fingerprint density at radius 2 is 2.04 bits per heavy atom. The van der Waals surface area contributed by atoms with Gasteiger partial charge in [-0.05, 0) is 49.3 Å². The summed E-state index contributed by atoms with van der Waals surface area (Å²) in [4.78, 5) is 12.5. The second-order valence-corrected chi connectivity index (χ2v) is 8.13. The fourth-order valence-corrected chi connectivity index (χ4v) is 5.25. The molecule has 0 saturated heterocycles. The van der Waals surface area contributed by atoms with Crippen LogP contribution in [-0.4, -0.2) is 41.9 Å². The van der Waals surface area contributed by atoms with E-state index in [2.05, 4.69) is 21.0 Å². The van der Waals surface area contributed by atoms with Gasteiger partial charge in [0.15, 0.2) is 0 Å². The van der Waals surface area contributed by atoms with Gasteiger partial charge in [-0.15, -0.1) is 0 Å². The normalized spacial score (nSPS) is 32.8. The first-order valence-electron chi connectivity index (χ1n) is 9.39. The van der Waals surface area contributed by atoms with Gasteiger partial charge in [-0.3, -0.25) is 4.98 Å². The minimum Gasteiger partial charge on any atom is -0.390 e. The molecule has 0 bridgehead atoms. The maximum atomic E-state index is 10.8. The first-order valence-corrected chi connectivity index (χ1v) is 9.39. The Labute approximate surface area is 156 Å². The molecule has 0 aromatic carbocycles. The lowest BCUT2D eigenvalue weighted by molar-refractivity contribution is -0.0841. The number of aromatic nitrogens is 4. The Kier molecular flexibility index (Phi) is 3.70. The summed E-state index contributed by atoms with van der Waals surface area (Å²) in [5, 5.41) is 22.4. The Morgan fingerprint density at radius 3 is 2.81 bits per heavy atom. The van der Waals surface area contributed by atoms with Gasteiger partial charge in [0, 0.05) is 24.0 Å². The summed E-state index contributed by atoms with van der Waals surface area (Å²) in [5.74, 6) is 0.954. The van der Waals surface area contributed by atoms with E-state index in [1.165, 1.54) is 11.9 Å². The molecular weight excluding hydrogens is 342 g/mol. The fraction of sp³-hybridized carbons (Fsp3) is 0.450. The number of anilines is 1. The second kappa shape index (κ2) is 6.00. The fourth-order valence-electron chi connectivity index (χ4n) is 5.25. The van der Waals surface area contributed by atoms with Crippen molar-refractivity contribution >= 4 is 16.9 Å². The summed E-state index contributed by atoms with van der Waals surface area (Å²) in [6.07, 6.45) is 9.05. The molecule has 3 heterocycles. The van der Waals surface area contributed by atoms with E-state index in [1.807, 2.05) is 29.1 Å². The third kappa shape index (κ3) is 2.53. The summed E-state index contributed by atoms with van der Waals surface area (Å²) in [5.41, 5.74) is 7.65. The van der Waals surface area contributed by atoms with Gasteiger partial charge >= 0.3 is 0 Å². The van der Waals surface area contributed by atoms with Crippen LogP contribution < -0.4 is 5.73 Å². The molecule has 3 atom stereocenters. The summed E-state index contributed by atoms with van der Waals surface area (Å²) >= 11 is 0. The topological polar surface area (TPSA) is 110 Å². The van der Waals surface area contributed by atoms with Crippen LogP contribution in [0.3, 0.4) is 0 Å². The number of nitrogen functional groups attached to an aromatic ring is 1. The van der Waals surface area contributed by atoms with E-state index in [0.29, 0.717) is 17.4 Å². The molecule has 2 aliphatic rings. The van der Waals surface area contributed by atoms with E-state index in [1.54, 1.807) is 6.20 Å². The van der Waals surface area contributed by atoms with Gasteiger partial charge in [0.05, 0.1) is 17.5 Å². The zero-order valence-corrected chi connectivity index (χ0v) is 14.9. The molecule has 3 aromatic heterocycles. The van der Waals surface area contributed by atoms with Crippen LogP contribution in [0.15, 0.2) is 43.1 Å². The summed E-state index contributed by atoms with van der Waals surface area (Å²) in [7, 11) is 0. The molecule has 7 heteroatoms. The van der Waals surface area contributed by atoms with Gasteiger partial charge in [-0.2, -0.15) is 0 Å². The molecule has 4 N–H and O–H groups in total. The molecule has 7 nitrogen and oxygen atoms in total. The molecule has 0 radical (unpaired) electrons. The lowest BCUT2D eigenvalue weighted by Crippen LogP contribution is -2.46. The summed E-state index contributed by atoms with van der Waals surface area (Å²) in [6.45, 7) is 0. The molecule has 2 saturated carbocycles. The highest BCUT2D eigenvalue weighted by molar-refractivity contribution is 5.86. The molecule has 140 valence electrons. The van der Waals surface area contributed by atoms with Crippen LogP contribution in [0.4, 0.5) is 5.82 Å². The smallest absolute Gasteiger partial charge is 0.145 e. The molecule has 1 spiro atoms. The minimum atomic E-state index is -0.809. The number of pyridine rings is 1. The number of fused-ring (bicyclic) bond motifs is 1. The molecule has 0 unspecified atom stereocenters. The predicted octanol–water partition coefficient (Wildman–Crippen LogP) is 1.71. The monoisotopic (exact) mass is 365 g/mol. The summed E-state index contributed by atoms with van der Waals surface area (Å²) < 4.78 is 1.95. The maximum absolute atomic E-state index is 10.8. The first kappa shape index (κ1) is 16.6. The number of nitrogens with two attached hydrogens (primary N) is 1. The minimum absolute atomic E-state index is 0.203. The van der Waals surface area contributed by atoms with Crippen molar-refractivity contribution in [3.8, 4) is 0 Å². The SMILES string of the molecule is Nc1ncnc2c1ccn2[C@@H]1C[C@]2(C[C@H](Cc3cccnc3)C2)[C@@H](O)[C@H]1O. The molecule has 2 fully saturated rings. The molecule has 0 aliphatic heterocycles. The van der Waals surface area contributed by atoms with Gasteiger partial charge in [0.1, 0.15) is 23.9 Å². The van der Waals surface area contributed by atoms with Crippen LogP contribution in [0.2, 0.25) is 0 Å². The van der Waals surface area contributed by atoms with Crippen molar-refractivity contribution in [2.45, 2.75) is 43.9 Å². The van der Waals surface area contributed by atoms with Gasteiger partial charge in [0.25, 0.3) is 0 Å². The van der Waals surface area contributed by atoms with Gasteiger partial charge in [-0.25, -0.2) is 9.97 Å². The Morgan fingerprint density at radius 1 is 1.19 bits per heavy atom. The van der Waals surface area contributed by atoms with Crippen LogP contribution >= 0.6 is 0 Å².